The van der Waals surface area contributed by atoms with Crippen LogP contribution in [-0.2, 0) is 16.0 Å². The summed E-state index contributed by atoms with van der Waals surface area (Å²) in [5, 5.41) is 6.83. The number of aliphatic imine (C=N–C) groups is 1. The van der Waals surface area contributed by atoms with Crippen LogP contribution in [0.5, 0.6) is 0 Å². The first kappa shape index (κ1) is 20.9. The highest BCUT2D eigenvalue weighted by Crippen LogP contribution is 2.17. The summed E-state index contributed by atoms with van der Waals surface area (Å²) in [4.78, 5) is 9.59. The molecule has 1 aromatic rings. The van der Waals surface area contributed by atoms with Gasteiger partial charge >= 0.3 is 0 Å². The number of nitrogens with zero attached hydrogens (tertiary/aromatic N) is 3. The van der Waals surface area contributed by atoms with Gasteiger partial charge in [-0.05, 0) is 31.5 Å². The smallest absolute Gasteiger partial charge is 0.191 e. The van der Waals surface area contributed by atoms with Gasteiger partial charge in [-0.25, -0.2) is 4.99 Å². The van der Waals surface area contributed by atoms with Gasteiger partial charge in [-0.15, -0.1) is 0 Å². The fraction of sp³-hybridized carbons (Fsp3) is 0.667. The molecular weight excluding hydrogens is 354 g/mol. The van der Waals surface area contributed by atoms with Crippen LogP contribution in [0.4, 0.5) is 5.69 Å². The number of rotatable bonds is 7. The lowest BCUT2D eigenvalue weighted by Crippen LogP contribution is -2.49. The summed E-state index contributed by atoms with van der Waals surface area (Å²) in [6.45, 7) is 14.0. The fourth-order valence-corrected chi connectivity index (χ4v) is 3.54. The molecule has 2 heterocycles. The van der Waals surface area contributed by atoms with Crippen molar-refractivity contribution in [3.63, 3.8) is 0 Å². The molecule has 156 valence electrons. The summed E-state index contributed by atoms with van der Waals surface area (Å²) in [6, 6.07) is 9.19. The molecule has 2 saturated heterocycles. The third-order valence-electron chi connectivity index (χ3n) is 5.31. The molecule has 0 amide bonds. The standard InChI is InChI=1S/C21H35N5O2/c1-3-22-21(23-16-18(2)25-8-12-27-13-9-25)24-17-19-4-6-20(7-5-19)26-10-14-28-15-11-26/h4-7,18H,3,8-17H2,1-2H3,(H2,22,23,24). The highest BCUT2D eigenvalue weighted by molar-refractivity contribution is 5.79. The van der Waals surface area contributed by atoms with Gasteiger partial charge in [0.2, 0.25) is 0 Å². The molecule has 0 spiro atoms. The Hall–Kier alpha value is -1.83. The predicted molar refractivity (Wildman–Crippen MR) is 114 cm³/mol. The van der Waals surface area contributed by atoms with Crippen molar-refractivity contribution in [2.75, 3.05) is 70.6 Å². The van der Waals surface area contributed by atoms with Crippen molar-refractivity contribution in [1.29, 1.82) is 0 Å². The van der Waals surface area contributed by atoms with Crippen molar-refractivity contribution < 1.29 is 9.47 Å². The Morgan fingerprint density at radius 3 is 2.29 bits per heavy atom. The van der Waals surface area contributed by atoms with E-state index in [1.807, 2.05) is 0 Å². The topological polar surface area (TPSA) is 61.4 Å². The lowest BCUT2D eigenvalue weighted by atomic mass is 10.2. The van der Waals surface area contributed by atoms with Crippen LogP contribution in [0.15, 0.2) is 29.3 Å². The van der Waals surface area contributed by atoms with E-state index in [2.05, 4.69) is 58.5 Å². The van der Waals surface area contributed by atoms with Gasteiger partial charge in [0.15, 0.2) is 5.96 Å². The van der Waals surface area contributed by atoms with E-state index in [0.717, 1.165) is 71.7 Å². The average Bonchev–Trinajstić information content (AvgIpc) is 2.77. The van der Waals surface area contributed by atoms with Crippen molar-refractivity contribution in [2.24, 2.45) is 4.99 Å². The van der Waals surface area contributed by atoms with E-state index in [9.17, 15) is 0 Å². The molecule has 0 saturated carbocycles. The molecule has 3 rings (SSSR count). The van der Waals surface area contributed by atoms with Crippen molar-refractivity contribution >= 4 is 11.6 Å². The zero-order chi connectivity index (χ0) is 19.6. The van der Waals surface area contributed by atoms with Crippen LogP contribution in [0, 0.1) is 0 Å². The number of benzene rings is 1. The molecule has 2 N–H and O–H groups in total. The largest absolute Gasteiger partial charge is 0.379 e. The minimum absolute atomic E-state index is 0.459. The van der Waals surface area contributed by atoms with Gasteiger partial charge in [-0.3, -0.25) is 4.90 Å². The van der Waals surface area contributed by atoms with Crippen LogP contribution in [0.2, 0.25) is 0 Å². The molecule has 2 aliphatic rings. The van der Waals surface area contributed by atoms with Crippen LogP contribution in [0.3, 0.4) is 0 Å². The summed E-state index contributed by atoms with van der Waals surface area (Å²) in [7, 11) is 0. The average molecular weight is 390 g/mol. The molecule has 0 radical (unpaired) electrons. The number of anilines is 1. The van der Waals surface area contributed by atoms with Crippen LogP contribution in [0.25, 0.3) is 0 Å². The first-order valence-electron chi connectivity index (χ1n) is 10.5. The Bertz CT molecular complexity index is 595. The van der Waals surface area contributed by atoms with E-state index < -0.39 is 0 Å². The molecular formula is C21H35N5O2. The maximum absolute atomic E-state index is 5.44. The number of ether oxygens (including phenoxy) is 2. The summed E-state index contributed by atoms with van der Waals surface area (Å²) < 4.78 is 10.9. The number of morpholine rings is 2. The van der Waals surface area contributed by atoms with E-state index in [4.69, 9.17) is 14.5 Å². The minimum atomic E-state index is 0.459. The van der Waals surface area contributed by atoms with Crippen LogP contribution >= 0.6 is 0 Å². The summed E-state index contributed by atoms with van der Waals surface area (Å²) in [5.41, 5.74) is 2.48. The first-order valence-corrected chi connectivity index (χ1v) is 10.5. The van der Waals surface area contributed by atoms with Crippen molar-refractivity contribution in [1.82, 2.24) is 15.5 Å². The maximum atomic E-state index is 5.44. The van der Waals surface area contributed by atoms with E-state index in [-0.39, 0.29) is 0 Å². The number of hydrogen-bond acceptors (Lipinski definition) is 5. The molecule has 7 heteroatoms. The van der Waals surface area contributed by atoms with E-state index in [1.165, 1.54) is 11.3 Å². The second-order valence-corrected chi connectivity index (χ2v) is 7.34. The highest BCUT2D eigenvalue weighted by atomic mass is 16.5. The molecule has 1 unspecified atom stereocenters. The van der Waals surface area contributed by atoms with E-state index >= 15 is 0 Å². The Labute approximate surface area is 169 Å². The lowest BCUT2D eigenvalue weighted by Gasteiger charge is -2.32. The van der Waals surface area contributed by atoms with Crippen LogP contribution < -0.4 is 15.5 Å². The van der Waals surface area contributed by atoms with Gasteiger partial charge in [-0.1, -0.05) is 12.1 Å². The van der Waals surface area contributed by atoms with Gasteiger partial charge in [0.25, 0.3) is 0 Å². The Balaban J connectivity index is 1.50. The van der Waals surface area contributed by atoms with Crippen molar-refractivity contribution in [3.8, 4) is 0 Å². The third kappa shape index (κ3) is 6.36. The van der Waals surface area contributed by atoms with Gasteiger partial charge in [0, 0.05) is 51.0 Å². The number of nitrogens with one attached hydrogen (secondary N) is 2. The SMILES string of the molecule is CCNC(=NCc1ccc(N2CCOCC2)cc1)NCC(C)N1CCOCC1. The zero-order valence-corrected chi connectivity index (χ0v) is 17.3. The normalized spacial score (nSPS) is 20.1. The molecule has 7 nitrogen and oxygen atoms in total. The Morgan fingerprint density at radius 1 is 1.00 bits per heavy atom. The minimum Gasteiger partial charge on any atom is -0.379 e. The summed E-state index contributed by atoms with van der Waals surface area (Å²) >= 11 is 0. The van der Waals surface area contributed by atoms with Crippen molar-refractivity contribution in [2.45, 2.75) is 26.4 Å². The quantitative estimate of drug-likeness (QED) is 0.542. The van der Waals surface area contributed by atoms with E-state index in [1.54, 1.807) is 0 Å². The van der Waals surface area contributed by atoms with Gasteiger partial charge in [0.1, 0.15) is 0 Å². The molecule has 2 fully saturated rings. The van der Waals surface area contributed by atoms with Crippen molar-refractivity contribution in [3.05, 3.63) is 29.8 Å². The first-order chi connectivity index (χ1) is 13.8. The molecule has 0 bridgehead atoms. The highest BCUT2D eigenvalue weighted by Gasteiger charge is 2.17. The fourth-order valence-electron chi connectivity index (χ4n) is 3.54. The summed E-state index contributed by atoms with van der Waals surface area (Å²) in [6.07, 6.45) is 0. The number of hydrogen-bond donors (Lipinski definition) is 2. The van der Waals surface area contributed by atoms with E-state index in [0.29, 0.717) is 12.6 Å². The van der Waals surface area contributed by atoms with Gasteiger partial charge in [0.05, 0.1) is 33.0 Å². The van der Waals surface area contributed by atoms with Gasteiger partial charge in [-0.2, -0.15) is 0 Å². The third-order valence-corrected chi connectivity index (χ3v) is 5.31. The second kappa shape index (κ2) is 11.2. The van der Waals surface area contributed by atoms with Crippen LogP contribution in [0.1, 0.15) is 19.4 Å². The predicted octanol–water partition coefficient (Wildman–Crippen LogP) is 1.30. The van der Waals surface area contributed by atoms with Crippen LogP contribution in [-0.4, -0.2) is 82.6 Å². The second-order valence-electron chi connectivity index (χ2n) is 7.34. The Kier molecular flexibility index (Phi) is 8.39. The molecule has 28 heavy (non-hydrogen) atoms. The lowest BCUT2D eigenvalue weighted by molar-refractivity contribution is 0.0211. The van der Waals surface area contributed by atoms with Gasteiger partial charge < -0.3 is 25.0 Å². The summed E-state index contributed by atoms with van der Waals surface area (Å²) in [5.74, 6) is 0.875. The molecule has 2 aliphatic heterocycles. The zero-order valence-electron chi connectivity index (χ0n) is 17.3. The molecule has 1 atom stereocenters. The molecule has 0 aromatic heterocycles. The number of guanidine groups is 1. The molecule has 0 aliphatic carbocycles. The maximum Gasteiger partial charge on any atom is 0.191 e. The monoisotopic (exact) mass is 389 g/mol. The molecule has 1 aromatic carbocycles. The Morgan fingerprint density at radius 2 is 1.64 bits per heavy atom.